The zero-order valence-electron chi connectivity index (χ0n) is 26.9. The number of hydrogen-bond donors (Lipinski definition) is 0. The standard InChI is InChI=1S/C43H46N2O/c1-3-14-29(15-4-1)43(30-16-5-2-6-17-30)34-20-8-11-23-37(34)44(38-24-12-9-21-35(38)43)31-26-27-39-41(28-31)46-40-25-13-19-33-32-18-7-10-22-36(32)45(39)42(33)40/h1-6,8-9,11-12,14-17,20-21,23-24,31-33,36,39-42H,7,10,13,18-19,22,25-28H2. The van der Waals surface area contributed by atoms with Crippen molar-refractivity contribution in [3.05, 3.63) is 131 Å². The molecule has 3 nitrogen and oxygen atoms in total. The first-order chi connectivity index (χ1) is 22.8. The molecule has 0 amide bonds. The molecule has 10 rings (SSSR count). The van der Waals surface area contributed by atoms with E-state index >= 15 is 0 Å². The maximum absolute atomic E-state index is 7.29. The van der Waals surface area contributed by atoms with Gasteiger partial charge in [-0.05, 0) is 91.2 Å². The number of morpholine rings is 1. The summed E-state index contributed by atoms with van der Waals surface area (Å²) in [6.07, 6.45) is 14.1. The third kappa shape index (κ3) is 3.85. The average Bonchev–Trinajstić information content (AvgIpc) is 3.47. The third-order valence-electron chi connectivity index (χ3n) is 13.3. The Kier molecular flexibility index (Phi) is 6.51. The maximum atomic E-state index is 7.29. The lowest BCUT2D eigenvalue weighted by atomic mass is 9.62. The van der Waals surface area contributed by atoms with Crippen LogP contribution < -0.4 is 4.90 Å². The van der Waals surface area contributed by atoms with E-state index < -0.39 is 0 Å². The first-order valence-electron chi connectivity index (χ1n) is 18.4. The molecule has 0 radical (unpaired) electrons. The van der Waals surface area contributed by atoms with Crippen molar-refractivity contribution < 1.29 is 4.74 Å². The highest BCUT2D eigenvalue weighted by Crippen LogP contribution is 2.59. The average molecular weight is 607 g/mol. The zero-order chi connectivity index (χ0) is 30.2. The van der Waals surface area contributed by atoms with E-state index in [1.807, 2.05) is 0 Å². The van der Waals surface area contributed by atoms with Gasteiger partial charge in [0.2, 0.25) is 0 Å². The molecule has 6 aliphatic rings. The molecule has 0 aromatic heterocycles. The highest BCUT2D eigenvalue weighted by Gasteiger charge is 2.60. The van der Waals surface area contributed by atoms with Crippen LogP contribution in [0.5, 0.6) is 0 Å². The quantitative estimate of drug-likeness (QED) is 0.231. The molecule has 0 N–H and O–H groups in total. The minimum atomic E-state index is -0.388. The lowest BCUT2D eigenvalue weighted by Crippen LogP contribution is -2.64. The molecule has 3 heteroatoms. The van der Waals surface area contributed by atoms with Gasteiger partial charge in [-0.3, -0.25) is 4.90 Å². The number of hydrogen-bond acceptors (Lipinski definition) is 3. The lowest BCUT2D eigenvalue weighted by Gasteiger charge is -2.56. The van der Waals surface area contributed by atoms with Gasteiger partial charge in [0.05, 0.1) is 17.6 Å². The molecule has 3 saturated carbocycles. The topological polar surface area (TPSA) is 15.7 Å². The minimum Gasteiger partial charge on any atom is -0.372 e. The number of fused-ring (bicyclic) bond motifs is 7. The van der Waals surface area contributed by atoms with Gasteiger partial charge < -0.3 is 9.64 Å². The molecule has 8 atom stereocenters. The van der Waals surface area contributed by atoms with Gasteiger partial charge in [0.25, 0.3) is 0 Å². The van der Waals surface area contributed by atoms with E-state index in [0.29, 0.717) is 30.3 Å². The molecule has 46 heavy (non-hydrogen) atoms. The molecule has 0 bridgehead atoms. The maximum Gasteiger partial charge on any atom is 0.0754 e. The molecule has 3 aliphatic heterocycles. The number of para-hydroxylation sites is 2. The molecule has 3 aliphatic carbocycles. The van der Waals surface area contributed by atoms with Crippen LogP contribution in [0, 0.1) is 11.8 Å². The third-order valence-corrected chi connectivity index (χ3v) is 13.3. The Hall–Kier alpha value is -3.40. The Balaban J connectivity index is 1.08. The molecule has 4 aromatic carbocycles. The predicted octanol–water partition coefficient (Wildman–Crippen LogP) is 9.25. The SMILES string of the molecule is c1ccc(C2(c3ccccc3)c3ccccc3N(C3CCC4C(C3)OC3CCCC5C6CCCCC6N4C35)c3ccccc32)cc1. The van der Waals surface area contributed by atoms with Gasteiger partial charge >= 0.3 is 0 Å². The van der Waals surface area contributed by atoms with E-state index in [4.69, 9.17) is 4.74 Å². The summed E-state index contributed by atoms with van der Waals surface area (Å²) in [6, 6.07) is 43.6. The van der Waals surface area contributed by atoms with Gasteiger partial charge in [-0.15, -0.1) is 0 Å². The van der Waals surface area contributed by atoms with Gasteiger partial charge in [-0.1, -0.05) is 116 Å². The number of ether oxygens (including phenoxy) is 1. The Morgan fingerprint density at radius 1 is 0.522 bits per heavy atom. The summed E-state index contributed by atoms with van der Waals surface area (Å²) in [7, 11) is 0. The van der Waals surface area contributed by atoms with Crippen LogP contribution in [0.2, 0.25) is 0 Å². The van der Waals surface area contributed by atoms with E-state index in [2.05, 4.69) is 119 Å². The molecule has 234 valence electrons. The Morgan fingerprint density at radius 2 is 1.13 bits per heavy atom. The van der Waals surface area contributed by atoms with Crippen LogP contribution >= 0.6 is 0 Å². The minimum absolute atomic E-state index is 0.327. The van der Waals surface area contributed by atoms with Crippen LogP contribution in [0.15, 0.2) is 109 Å². The summed E-state index contributed by atoms with van der Waals surface area (Å²) >= 11 is 0. The summed E-state index contributed by atoms with van der Waals surface area (Å²) in [5.74, 6) is 1.80. The zero-order valence-corrected chi connectivity index (χ0v) is 26.9. The molecule has 4 aromatic rings. The molecular weight excluding hydrogens is 560 g/mol. The first-order valence-corrected chi connectivity index (χ1v) is 18.4. The fourth-order valence-electron chi connectivity index (χ4n) is 11.8. The number of rotatable bonds is 3. The fourth-order valence-corrected chi connectivity index (χ4v) is 11.8. The second kappa shape index (κ2) is 10.8. The molecule has 8 unspecified atom stereocenters. The summed E-state index contributed by atoms with van der Waals surface area (Å²) in [4.78, 5) is 5.86. The second-order valence-electron chi connectivity index (χ2n) is 15.2. The Labute approximate surface area is 274 Å². The van der Waals surface area contributed by atoms with Crippen molar-refractivity contribution in [3.8, 4) is 0 Å². The van der Waals surface area contributed by atoms with Crippen LogP contribution in [0.3, 0.4) is 0 Å². The van der Waals surface area contributed by atoms with E-state index in [1.165, 1.54) is 91.4 Å². The molecule has 0 spiro atoms. The molecule has 3 heterocycles. The van der Waals surface area contributed by atoms with E-state index in [0.717, 1.165) is 24.3 Å². The first kappa shape index (κ1) is 27.7. The smallest absolute Gasteiger partial charge is 0.0754 e. The number of nitrogens with zero attached hydrogens (tertiary/aromatic N) is 2. The van der Waals surface area contributed by atoms with Crippen molar-refractivity contribution in [2.75, 3.05) is 4.90 Å². The summed E-state index contributed by atoms with van der Waals surface area (Å²) < 4.78 is 7.29. The van der Waals surface area contributed by atoms with Crippen molar-refractivity contribution in [1.82, 2.24) is 4.90 Å². The summed E-state index contributed by atoms with van der Waals surface area (Å²) in [5, 5.41) is 0. The monoisotopic (exact) mass is 606 g/mol. The van der Waals surface area contributed by atoms with Gasteiger partial charge in [0, 0.05) is 35.5 Å². The Bertz CT molecular complexity index is 1630. The number of benzene rings is 4. The van der Waals surface area contributed by atoms with Crippen molar-refractivity contribution >= 4 is 11.4 Å². The predicted molar refractivity (Wildman–Crippen MR) is 186 cm³/mol. The highest BCUT2D eigenvalue weighted by atomic mass is 16.5. The second-order valence-corrected chi connectivity index (χ2v) is 15.2. The van der Waals surface area contributed by atoms with Gasteiger partial charge in [-0.25, -0.2) is 0 Å². The molecular formula is C43H46N2O. The molecule has 5 fully saturated rings. The summed E-state index contributed by atoms with van der Waals surface area (Å²) in [5.41, 5.74) is 7.76. The van der Waals surface area contributed by atoms with Crippen molar-refractivity contribution in [3.63, 3.8) is 0 Å². The van der Waals surface area contributed by atoms with Gasteiger partial charge in [0.1, 0.15) is 0 Å². The van der Waals surface area contributed by atoms with Crippen LogP contribution in [0.4, 0.5) is 11.4 Å². The van der Waals surface area contributed by atoms with Crippen molar-refractivity contribution in [2.24, 2.45) is 11.8 Å². The van der Waals surface area contributed by atoms with E-state index in [-0.39, 0.29) is 5.41 Å². The lowest BCUT2D eigenvalue weighted by molar-refractivity contribution is -0.179. The van der Waals surface area contributed by atoms with Gasteiger partial charge in [-0.2, -0.15) is 0 Å². The van der Waals surface area contributed by atoms with Crippen LogP contribution in [0.1, 0.15) is 86.5 Å². The Morgan fingerprint density at radius 3 is 1.83 bits per heavy atom. The summed E-state index contributed by atoms with van der Waals surface area (Å²) in [6.45, 7) is 0. The van der Waals surface area contributed by atoms with Gasteiger partial charge in [0.15, 0.2) is 0 Å². The van der Waals surface area contributed by atoms with Crippen molar-refractivity contribution in [2.45, 2.75) is 106 Å². The largest absolute Gasteiger partial charge is 0.372 e. The normalized spacial score (nSPS) is 34.0. The van der Waals surface area contributed by atoms with Crippen LogP contribution in [-0.2, 0) is 10.2 Å². The van der Waals surface area contributed by atoms with E-state index in [1.54, 1.807) is 0 Å². The van der Waals surface area contributed by atoms with Crippen molar-refractivity contribution in [1.29, 1.82) is 0 Å². The van der Waals surface area contributed by atoms with Crippen LogP contribution in [0.25, 0.3) is 0 Å². The fraction of sp³-hybridized carbons (Fsp3) is 0.442. The molecule has 2 saturated heterocycles. The van der Waals surface area contributed by atoms with Crippen LogP contribution in [-0.4, -0.2) is 41.3 Å². The van der Waals surface area contributed by atoms with E-state index in [9.17, 15) is 0 Å². The highest BCUT2D eigenvalue weighted by molar-refractivity contribution is 5.83. The number of anilines is 2.